The third-order valence-corrected chi connectivity index (χ3v) is 1.36. The van der Waals surface area contributed by atoms with Gasteiger partial charge in [0.05, 0.1) is 6.07 Å². The fourth-order valence-corrected chi connectivity index (χ4v) is 0.817. The first-order valence-corrected chi connectivity index (χ1v) is 3.80. The highest BCUT2D eigenvalue weighted by Gasteiger charge is 1.97. The SMILES string of the molecule is N#CCNC(=O)Nc1ccccc1. The van der Waals surface area contributed by atoms with Crippen LogP contribution in [0, 0.1) is 11.3 Å². The lowest BCUT2D eigenvalue weighted by Gasteiger charge is -2.03. The molecule has 0 spiro atoms. The number of hydrogen-bond acceptors (Lipinski definition) is 2. The summed E-state index contributed by atoms with van der Waals surface area (Å²) in [5.41, 5.74) is 0.706. The van der Waals surface area contributed by atoms with Gasteiger partial charge in [0.2, 0.25) is 0 Å². The third-order valence-electron chi connectivity index (χ3n) is 1.36. The molecule has 4 heteroatoms. The van der Waals surface area contributed by atoms with E-state index in [0.717, 1.165) is 0 Å². The Bertz CT molecular complexity index is 315. The second kappa shape index (κ2) is 4.78. The van der Waals surface area contributed by atoms with Crippen LogP contribution < -0.4 is 10.6 Å². The Morgan fingerprint density at radius 3 is 2.69 bits per heavy atom. The Labute approximate surface area is 76.2 Å². The first kappa shape index (κ1) is 9.07. The molecule has 2 amide bonds. The first-order chi connectivity index (χ1) is 6.33. The van der Waals surface area contributed by atoms with Crippen molar-refractivity contribution in [3.63, 3.8) is 0 Å². The normalized spacial score (nSPS) is 8.54. The van der Waals surface area contributed by atoms with E-state index in [4.69, 9.17) is 5.26 Å². The molecular weight excluding hydrogens is 166 g/mol. The second-order valence-corrected chi connectivity index (χ2v) is 2.33. The van der Waals surface area contributed by atoms with Gasteiger partial charge in [-0.15, -0.1) is 0 Å². The number of hydrogen-bond donors (Lipinski definition) is 2. The number of nitrogens with zero attached hydrogens (tertiary/aromatic N) is 1. The van der Waals surface area contributed by atoms with Crippen molar-refractivity contribution in [2.75, 3.05) is 11.9 Å². The summed E-state index contributed by atoms with van der Waals surface area (Å²) in [5.74, 6) is 0. The zero-order chi connectivity index (χ0) is 9.52. The molecule has 0 aliphatic heterocycles. The molecule has 66 valence electrons. The van der Waals surface area contributed by atoms with Crippen LogP contribution in [0.1, 0.15) is 0 Å². The van der Waals surface area contributed by atoms with Crippen molar-refractivity contribution >= 4 is 11.7 Å². The number of carbonyl (C=O) groups excluding carboxylic acids is 1. The number of rotatable bonds is 2. The number of urea groups is 1. The van der Waals surface area contributed by atoms with Crippen LogP contribution in [0.5, 0.6) is 0 Å². The molecular formula is C9H9N3O. The summed E-state index contributed by atoms with van der Waals surface area (Å²) >= 11 is 0. The van der Waals surface area contributed by atoms with E-state index < -0.39 is 0 Å². The molecule has 0 saturated heterocycles. The number of nitrogens with one attached hydrogen (secondary N) is 2. The van der Waals surface area contributed by atoms with Crippen LogP contribution in [-0.4, -0.2) is 12.6 Å². The van der Waals surface area contributed by atoms with Crippen molar-refractivity contribution in [2.24, 2.45) is 0 Å². The number of amides is 2. The van der Waals surface area contributed by atoms with Gasteiger partial charge in [0.1, 0.15) is 6.54 Å². The highest BCUT2D eigenvalue weighted by Crippen LogP contribution is 2.03. The van der Waals surface area contributed by atoms with Gasteiger partial charge in [0.15, 0.2) is 0 Å². The van der Waals surface area contributed by atoms with E-state index in [-0.39, 0.29) is 12.6 Å². The molecule has 1 aromatic rings. The van der Waals surface area contributed by atoms with Crippen LogP contribution in [0.15, 0.2) is 30.3 Å². The number of carbonyl (C=O) groups is 1. The Hall–Kier alpha value is -2.02. The Morgan fingerprint density at radius 1 is 1.38 bits per heavy atom. The lowest BCUT2D eigenvalue weighted by Crippen LogP contribution is -2.28. The van der Waals surface area contributed by atoms with Gasteiger partial charge >= 0.3 is 6.03 Å². The summed E-state index contributed by atoms with van der Waals surface area (Å²) in [6.45, 7) is 0.0126. The van der Waals surface area contributed by atoms with Crippen LogP contribution in [0.25, 0.3) is 0 Å². The maximum absolute atomic E-state index is 11.0. The zero-order valence-corrected chi connectivity index (χ0v) is 6.95. The van der Waals surface area contributed by atoms with E-state index in [9.17, 15) is 4.79 Å². The Morgan fingerprint density at radius 2 is 2.08 bits per heavy atom. The second-order valence-electron chi connectivity index (χ2n) is 2.33. The van der Waals surface area contributed by atoms with Gasteiger partial charge in [0, 0.05) is 5.69 Å². The van der Waals surface area contributed by atoms with Gasteiger partial charge in [-0.3, -0.25) is 0 Å². The first-order valence-electron chi connectivity index (χ1n) is 3.80. The maximum atomic E-state index is 11.0. The van der Waals surface area contributed by atoms with Crippen molar-refractivity contribution in [3.05, 3.63) is 30.3 Å². The minimum Gasteiger partial charge on any atom is -0.325 e. The molecule has 0 bridgehead atoms. The summed E-state index contributed by atoms with van der Waals surface area (Å²) in [7, 11) is 0. The molecule has 1 rings (SSSR count). The third kappa shape index (κ3) is 3.25. The molecule has 0 aliphatic carbocycles. The molecule has 0 aromatic heterocycles. The lowest BCUT2D eigenvalue weighted by molar-refractivity contribution is 0.253. The van der Waals surface area contributed by atoms with E-state index >= 15 is 0 Å². The molecule has 0 atom stereocenters. The molecule has 13 heavy (non-hydrogen) atoms. The molecule has 0 radical (unpaired) electrons. The van der Waals surface area contributed by atoms with Crippen molar-refractivity contribution < 1.29 is 4.79 Å². The standard InChI is InChI=1S/C9H9N3O/c10-6-7-11-9(13)12-8-4-2-1-3-5-8/h1-5H,7H2,(H2,11,12,13). The number of nitriles is 1. The average Bonchev–Trinajstić information content (AvgIpc) is 2.16. The Balaban J connectivity index is 2.42. The highest BCUT2D eigenvalue weighted by molar-refractivity contribution is 5.89. The van der Waals surface area contributed by atoms with Gasteiger partial charge in [-0.05, 0) is 12.1 Å². The highest BCUT2D eigenvalue weighted by atomic mass is 16.2. The molecule has 0 aliphatic rings. The fourth-order valence-electron chi connectivity index (χ4n) is 0.817. The van der Waals surface area contributed by atoms with Crippen LogP contribution in [-0.2, 0) is 0 Å². The minimum atomic E-state index is -0.368. The number of anilines is 1. The van der Waals surface area contributed by atoms with E-state index in [1.807, 2.05) is 24.3 Å². The van der Waals surface area contributed by atoms with E-state index in [0.29, 0.717) is 5.69 Å². The minimum absolute atomic E-state index is 0.0126. The van der Waals surface area contributed by atoms with Crippen LogP contribution in [0.4, 0.5) is 10.5 Å². The van der Waals surface area contributed by atoms with E-state index in [2.05, 4.69) is 10.6 Å². The van der Waals surface area contributed by atoms with Gasteiger partial charge < -0.3 is 10.6 Å². The molecule has 0 saturated carbocycles. The van der Waals surface area contributed by atoms with Gasteiger partial charge in [0.25, 0.3) is 0 Å². The summed E-state index contributed by atoms with van der Waals surface area (Å²) < 4.78 is 0. The smallest absolute Gasteiger partial charge is 0.320 e. The molecule has 1 aromatic carbocycles. The largest absolute Gasteiger partial charge is 0.325 e. The van der Waals surface area contributed by atoms with Gasteiger partial charge in [-0.2, -0.15) is 5.26 Å². The van der Waals surface area contributed by atoms with Crippen molar-refractivity contribution in [2.45, 2.75) is 0 Å². The summed E-state index contributed by atoms with van der Waals surface area (Å²) in [4.78, 5) is 11.0. The van der Waals surface area contributed by atoms with E-state index in [1.54, 1.807) is 12.1 Å². The summed E-state index contributed by atoms with van der Waals surface area (Å²) in [6.07, 6.45) is 0. The molecule has 0 fully saturated rings. The predicted octanol–water partition coefficient (Wildman–Crippen LogP) is 1.33. The average molecular weight is 175 g/mol. The number of para-hydroxylation sites is 1. The van der Waals surface area contributed by atoms with Crippen molar-refractivity contribution in [1.29, 1.82) is 5.26 Å². The van der Waals surface area contributed by atoms with Crippen LogP contribution in [0.2, 0.25) is 0 Å². The molecule has 4 nitrogen and oxygen atoms in total. The Kier molecular flexibility index (Phi) is 3.33. The van der Waals surface area contributed by atoms with Crippen LogP contribution >= 0.6 is 0 Å². The summed E-state index contributed by atoms with van der Waals surface area (Å²) in [5, 5.41) is 13.1. The quantitative estimate of drug-likeness (QED) is 0.666. The van der Waals surface area contributed by atoms with Crippen molar-refractivity contribution in [3.8, 4) is 6.07 Å². The van der Waals surface area contributed by atoms with E-state index in [1.165, 1.54) is 0 Å². The van der Waals surface area contributed by atoms with Crippen LogP contribution in [0.3, 0.4) is 0 Å². The van der Waals surface area contributed by atoms with Crippen molar-refractivity contribution in [1.82, 2.24) is 5.32 Å². The van der Waals surface area contributed by atoms with Gasteiger partial charge in [-0.25, -0.2) is 4.79 Å². The van der Waals surface area contributed by atoms with Gasteiger partial charge in [-0.1, -0.05) is 18.2 Å². The summed E-state index contributed by atoms with van der Waals surface area (Å²) in [6, 6.07) is 10.5. The molecule has 2 N–H and O–H groups in total. The monoisotopic (exact) mass is 175 g/mol. The maximum Gasteiger partial charge on any atom is 0.320 e. The fraction of sp³-hybridized carbons (Fsp3) is 0.111. The predicted molar refractivity (Wildman–Crippen MR) is 49.1 cm³/mol. The molecule has 0 heterocycles. The zero-order valence-electron chi connectivity index (χ0n) is 6.95. The topological polar surface area (TPSA) is 64.9 Å². The number of benzene rings is 1. The lowest BCUT2D eigenvalue weighted by atomic mass is 10.3. The molecule has 0 unspecified atom stereocenters.